The van der Waals surface area contributed by atoms with Crippen LogP contribution in [-0.2, 0) is 16.6 Å². The fourth-order valence-electron chi connectivity index (χ4n) is 5.09. The molecule has 3 atom stereocenters. The minimum absolute atomic E-state index is 0.151. The maximum absolute atomic E-state index is 12.5. The lowest BCUT2D eigenvalue weighted by Crippen LogP contribution is -2.39. The van der Waals surface area contributed by atoms with Gasteiger partial charge in [0.2, 0.25) is 0 Å². The molecule has 3 unspecified atom stereocenters. The summed E-state index contributed by atoms with van der Waals surface area (Å²) < 4.78 is 0. The van der Waals surface area contributed by atoms with E-state index in [9.17, 15) is 4.79 Å². The van der Waals surface area contributed by atoms with Crippen LogP contribution in [0.15, 0.2) is 29.8 Å². The van der Waals surface area contributed by atoms with Crippen molar-refractivity contribution >= 4 is 5.78 Å². The highest BCUT2D eigenvalue weighted by molar-refractivity contribution is 5.86. The summed E-state index contributed by atoms with van der Waals surface area (Å²) in [6.07, 6.45) is 8.59. The zero-order valence-electron chi connectivity index (χ0n) is 13.1. The first-order chi connectivity index (χ1) is 10.1. The lowest BCUT2D eigenvalue weighted by molar-refractivity contribution is -0.120. The number of rotatable bonds is 2. The summed E-state index contributed by atoms with van der Waals surface area (Å²) in [5.74, 6) is 1.70. The molecule has 1 aromatic rings. The van der Waals surface area contributed by atoms with Gasteiger partial charge in [0, 0.05) is 18.3 Å². The summed E-state index contributed by atoms with van der Waals surface area (Å²) in [6.45, 7) is 4.54. The fourth-order valence-corrected chi connectivity index (χ4v) is 5.09. The molecule has 1 aromatic carbocycles. The van der Waals surface area contributed by atoms with Gasteiger partial charge >= 0.3 is 0 Å². The molecular weight excluding hydrogens is 256 g/mol. The second-order valence-electron chi connectivity index (χ2n) is 7.41. The second kappa shape index (κ2) is 4.56. The third-order valence-electron chi connectivity index (χ3n) is 6.30. The van der Waals surface area contributed by atoms with E-state index >= 15 is 0 Å². The molecule has 1 spiro atoms. The van der Waals surface area contributed by atoms with Crippen molar-refractivity contribution in [1.82, 2.24) is 0 Å². The molecule has 4 rings (SSSR count). The predicted molar refractivity (Wildman–Crippen MR) is 85.6 cm³/mol. The number of ketones is 1. The molecule has 0 amide bonds. The molecule has 1 heteroatoms. The summed E-state index contributed by atoms with van der Waals surface area (Å²) in [6, 6.07) is 6.82. The van der Waals surface area contributed by atoms with Crippen LogP contribution >= 0.6 is 0 Å². The van der Waals surface area contributed by atoms with Crippen LogP contribution in [0.25, 0.3) is 0 Å². The van der Waals surface area contributed by atoms with Gasteiger partial charge in [0.05, 0.1) is 0 Å². The molecule has 2 bridgehead atoms. The van der Waals surface area contributed by atoms with Crippen LogP contribution in [0, 0.1) is 5.92 Å². The third-order valence-corrected chi connectivity index (χ3v) is 6.30. The van der Waals surface area contributed by atoms with Gasteiger partial charge in [0.25, 0.3) is 0 Å². The maximum Gasteiger partial charge on any atom is 0.138 e. The number of allylic oxidation sites excluding steroid dienone is 2. The van der Waals surface area contributed by atoms with E-state index in [1.54, 1.807) is 5.57 Å². The van der Waals surface area contributed by atoms with Gasteiger partial charge in [0.1, 0.15) is 5.78 Å². The van der Waals surface area contributed by atoms with Crippen LogP contribution in [-0.4, -0.2) is 5.78 Å². The van der Waals surface area contributed by atoms with E-state index in [-0.39, 0.29) is 5.41 Å². The first kappa shape index (κ1) is 13.3. The van der Waals surface area contributed by atoms with E-state index in [2.05, 4.69) is 38.1 Å². The molecule has 0 N–H and O–H groups in total. The van der Waals surface area contributed by atoms with Crippen molar-refractivity contribution in [3.63, 3.8) is 0 Å². The summed E-state index contributed by atoms with van der Waals surface area (Å²) in [7, 11) is 0. The number of hydrogen-bond donors (Lipinski definition) is 0. The largest absolute Gasteiger partial charge is 0.299 e. The SMILES string of the molecule is CCC(C)c1cccc2c1CC(=O)CC21CC2=CCC1C2. The van der Waals surface area contributed by atoms with Crippen molar-refractivity contribution in [3.8, 4) is 0 Å². The minimum Gasteiger partial charge on any atom is -0.299 e. The van der Waals surface area contributed by atoms with Gasteiger partial charge < -0.3 is 0 Å². The summed E-state index contributed by atoms with van der Waals surface area (Å²) in [5, 5.41) is 0. The quantitative estimate of drug-likeness (QED) is 0.718. The van der Waals surface area contributed by atoms with E-state index in [4.69, 9.17) is 0 Å². The van der Waals surface area contributed by atoms with Crippen molar-refractivity contribution in [2.24, 2.45) is 5.92 Å². The topological polar surface area (TPSA) is 17.1 Å². The summed E-state index contributed by atoms with van der Waals surface area (Å²) in [5.41, 5.74) is 6.09. The number of hydrogen-bond acceptors (Lipinski definition) is 1. The number of fused-ring (bicyclic) bond motifs is 5. The Hall–Kier alpha value is -1.37. The predicted octanol–water partition coefficient (Wildman–Crippen LogP) is 4.69. The van der Waals surface area contributed by atoms with Crippen LogP contribution in [0.4, 0.5) is 0 Å². The summed E-state index contributed by atoms with van der Waals surface area (Å²) >= 11 is 0. The molecule has 3 aliphatic carbocycles. The Morgan fingerprint density at radius 2 is 2.19 bits per heavy atom. The molecule has 0 aromatic heterocycles. The van der Waals surface area contributed by atoms with Crippen molar-refractivity contribution < 1.29 is 4.79 Å². The molecule has 1 nitrogen and oxygen atoms in total. The number of carbonyl (C=O) groups excluding carboxylic acids is 1. The number of carbonyl (C=O) groups is 1. The lowest BCUT2D eigenvalue weighted by Gasteiger charge is -2.41. The van der Waals surface area contributed by atoms with Gasteiger partial charge in [0.15, 0.2) is 0 Å². The van der Waals surface area contributed by atoms with E-state index in [0.717, 1.165) is 19.3 Å². The Bertz CT molecular complexity index is 639. The van der Waals surface area contributed by atoms with Crippen LogP contribution in [0.2, 0.25) is 0 Å². The van der Waals surface area contributed by atoms with Crippen molar-refractivity contribution in [2.45, 2.75) is 63.7 Å². The first-order valence-corrected chi connectivity index (χ1v) is 8.46. The molecule has 0 heterocycles. The molecule has 0 aliphatic heterocycles. The summed E-state index contributed by atoms with van der Waals surface area (Å²) in [4.78, 5) is 12.5. The first-order valence-electron chi connectivity index (χ1n) is 8.46. The zero-order chi connectivity index (χ0) is 14.6. The molecular formula is C20H24O. The van der Waals surface area contributed by atoms with Crippen LogP contribution in [0.5, 0.6) is 0 Å². The molecule has 0 radical (unpaired) electrons. The van der Waals surface area contributed by atoms with E-state index in [1.165, 1.54) is 29.5 Å². The monoisotopic (exact) mass is 280 g/mol. The van der Waals surface area contributed by atoms with Crippen LogP contribution in [0.1, 0.15) is 68.6 Å². The minimum atomic E-state index is 0.151. The lowest BCUT2D eigenvalue weighted by atomic mass is 9.61. The Labute approximate surface area is 127 Å². The van der Waals surface area contributed by atoms with Crippen molar-refractivity contribution in [2.75, 3.05) is 0 Å². The number of benzene rings is 1. The Morgan fingerprint density at radius 1 is 1.33 bits per heavy atom. The van der Waals surface area contributed by atoms with Gasteiger partial charge in [-0.25, -0.2) is 0 Å². The smallest absolute Gasteiger partial charge is 0.138 e. The average molecular weight is 280 g/mol. The Kier molecular flexibility index (Phi) is 2.89. The van der Waals surface area contributed by atoms with Crippen LogP contribution in [0.3, 0.4) is 0 Å². The normalized spacial score (nSPS) is 31.4. The molecule has 3 aliphatic rings. The van der Waals surface area contributed by atoms with Gasteiger partial charge in [-0.3, -0.25) is 4.79 Å². The van der Waals surface area contributed by atoms with E-state index in [1.807, 2.05) is 0 Å². The molecule has 1 fully saturated rings. The second-order valence-corrected chi connectivity index (χ2v) is 7.41. The van der Waals surface area contributed by atoms with Crippen molar-refractivity contribution in [1.29, 1.82) is 0 Å². The van der Waals surface area contributed by atoms with Crippen LogP contribution < -0.4 is 0 Å². The van der Waals surface area contributed by atoms with E-state index in [0.29, 0.717) is 24.0 Å². The highest BCUT2D eigenvalue weighted by Gasteiger charge is 2.52. The standard InChI is InChI=1S/C20H24O/c1-3-13(2)17-5-4-6-19-18(17)10-16(21)12-20(19)11-14-7-8-15(20)9-14/h4-7,13,15H,3,8-12H2,1-2H3. The highest BCUT2D eigenvalue weighted by atomic mass is 16.1. The van der Waals surface area contributed by atoms with Gasteiger partial charge in [-0.1, -0.05) is 43.7 Å². The molecule has 1 saturated carbocycles. The van der Waals surface area contributed by atoms with E-state index < -0.39 is 0 Å². The molecule has 110 valence electrons. The molecule has 0 saturated heterocycles. The number of Topliss-reactive ketones (excluding diaryl/α,β-unsaturated/α-hetero) is 1. The Morgan fingerprint density at radius 3 is 2.86 bits per heavy atom. The van der Waals surface area contributed by atoms with Crippen molar-refractivity contribution in [3.05, 3.63) is 46.5 Å². The fraction of sp³-hybridized carbons (Fsp3) is 0.550. The third kappa shape index (κ3) is 1.79. The average Bonchev–Trinajstić information content (AvgIpc) is 3.07. The van der Waals surface area contributed by atoms with Gasteiger partial charge in [-0.2, -0.15) is 0 Å². The zero-order valence-corrected chi connectivity index (χ0v) is 13.1. The maximum atomic E-state index is 12.5. The highest BCUT2D eigenvalue weighted by Crippen LogP contribution is 2.58. The molecule has 21 heavy (non-hydrogen) atoms. The van der Waals surface area contributed by atoms with Gasteiger partial charge in [-0.05, 0) is 54.2 Å². The van der Waals surface area contributed by atoms with Gasteiger partial charge in [-0.15, -0.1) is 0 Å². The Balaban J connectivity index is 1.89.